The normalized spacial score (nSPS) is 12.5. The van der Waals surface area contributed by atoms with Crippen LogP contribution in [0.15, 0.2) is 59.0 Å². The molecular weight excluding hydrogens is 250 g/mol. The van der Waals surface area contributed by atoms with Gasteiger partial charge < -0.3 is 14.9 Å². The Kier molecular flexibility index (Phi) is 3.44. The number of ether oxygens (including phenoxy) is 1. The second kappa shape index (κ2) is 5.39. The monoisotopic (exact) mass is 267 g/mol. The summed E-state index contributed by atoms with van der Waals surface area (Å²) in [6.45, 7) is 2.28. The number of benzene rings is 2. The minimum Gasteiger partial charge on any atom is -0.481 e. The maximum atomic E-state index is 5.95. The van der Waals surface area contributed by atoms with Crippen molar-refractivity contribution in [3.63, 3.8) is 0 Å². The molecule has 0 aliphatic heterocycles. The van der Waals surface area contributed by atoms with Gasteiger partial charge in [-0.25, -0.2) is 0 Å². The molecule has 3 rings (SSSR count). The van der Waals surface area contributed by atoms with Gasteiger partial charge in [-0.1, -0.05) is 30.3 Å². The van der Waals surface area contributed by atoms with Crippen molar-refractivity contribution in [3.05, 3.63) is 66.1 Å². The number of hydrogen-bond acceptors (Lipinski definition) is 3. The lowest BCUT2D eigenvalue weighted by Crippen LogP contribution is -2.17. The third-order valence-corrected chi connectivity index (χ3v) is 3.29. The highest BCUT2D eigenvalue weighted by atomic mass is 16.5. The molecule has 2 aromatic carbocycles. The summed E-state index contributed by atoms with van der Waals surface area (Å²) in [5.41, 5.74) is 5.79. The third kappa shape index (κ3) is 2.53. The van der Waals surface area contributed by atoms with Gasteiger partial charge in [0.2, 0.25) is 0 Å². The van der Waals surface area contributed by atoms with Crippen molar-refractivity contribution in [2.75, 3.05) is 6.54 Å². The summed E-state index contributed by atoms with van der Waals surface area (Å²) in [5.74, 6) is 2.42. The molecule has 0 aliphatic rings. The van der Waals surface area contributed by atoms with Gasteiger partial charge in [-0.3, -0.25) is 0 Å². The number of aryl methyl sites for hydroxylation is 1. The van der Waals surface area contributed by atoms with E-state index in [0.717, 1.165) is 22.7 Å². The number of furan rings is 1. The van der Waals surface area contributed by atoms with Gasteiger partial charge in [-0.2, -0.15) is 0 Å². The summed E-state index contributed by atoms with van der Waals surface area (Å²) in [5, 5.41) is 2.34. The van der Waals surface area contributed by atoms with E-state index in [2.05, 4.69) is 12.1 Å². The van der Waals surface area contributed by atoms with E-state index in [1.807, 2.05) is 49.4 Å². The maximum Gasteiger partial charge on any atom is 0.168 e. The molecule has 3 aromatic rings. The molecule has 0 saturated heterocycles. The Labute approximate surface area is 118 Å². The van der Waals surface area contributed by atoms with E-state index in [1.165, 1.54) is 5.39 Å². The molecule has 102 valence electrons. The topological polar surface area (TPSA) is 48.4 Å². The fourth-order valence-corrected chi connectivity index (χ4v) is 2.25. The fourth-order valence-electron chi connectivity index (χ4n) is 2.25. The van der Waals surface area contributed by atoms with E-state index in [-0.39, 0.29) is 6.10 Å². The van der Waals surface area contributed by atoms with Crippen molar-refractivity contribution >= 4 is 10.8 Å². The summed E-state index contributed by atoms with van der Waals surface area (Å²) in [6.07, 6.45) is -0.259. The molecule has 0 amide bonds. The van der Waals surface area contributed by atoms with E-state index < -0.39 is 0 Å². The van der Waals surface area contributed by atoms with E-state index in [9.17, 15) is 0 Å². The highest BCUT2D eigenvalue weighted by molar-refractivity contribution is 5.83. The number of hydrogen-bond donors (Lipinski definition) is 1. The fraction of sp³-hybridized carbons (Fsp3) is 0.176. The van der Waals surface area contributed by atoms with Crippen LogP contribution in [0.3, 0.4) is 0 Å². The Morgan fingerprint density at radius 2 is 1.85 bits per heavy atom. The lowest BCUT2D eigenvalue weighted by molar-refractivity contribution is 0.182. The number of fused-ring (bicyclic) bond motifs is 1. The number of nitrogens with two attached hydrogens (primary N) is 1. The molecule has 1 unspecified atom stereocenters. The van der Waals surface area contributed by atoms with Crippen molar-refractivity contribution < 1.29 is 9.15 Å². The molecule has 0 spiro atoms. The lowest BCUT2D eigenvalue weighted by Gasteiger charge is -2.15. The van der Waals surface area contributed by atoms with Crippen LogP contribution in [0, 0.1) is 6.92 Å². The Morgan fingerprint density at radius 1 is 1.05 bits per heavy atom. The Hall–Kier alpha value is -2.26. The molecule has 0 fully saturated rings. The Bertz CT molecular complexity index is 718. The summed E-state index contributed by atoms with van der Waals surface area (Å²) in [6, 6.07) is 18.0. The first-order valence-electron chi connectivity index (χ1n) is 6.68. The summed E-state index contributed by atoms with van der Waals surface area (Å²) in [7, 11) is 0. The molecule has 3 nitrogen and oxygen atoms in total. The lowest BCUT2D eigenvalue weighted by atomic mass is 10.1. The first-order valence-corrected chi connectivity index (χ1v) is 6.68. The molecular formula is C17H17NO2. The van der Waals surface area contributed by atoms with Gasteiger partial charge in [0.05, 0.1) is 0 Å². The molecule has 2 N–H and O–H groups in total. The molecule has 1 atom stereocenters. The van der Waals surface area contributed by atoms with Gasteiger partial charge in [-0.05, 0) is 42.0 Å². The first-order chi connectivity index (χ1) is 9.76. The summed E-state index contributed by atoms with van der Waals surface area (Å²) >= 11 is 0. The highest BCUT2D eigenvalue weighted by Gasteiger charge is 2.15. The summed E-state index contributed by atoms with van der Waals surface area (Å²) in [4.78, 5) is 0. The van der Waals surface area contributed by atoms with Crippen LogP contribution < -0.4 is 10.5 Å². The number of rotatable bonds is 4. The van der Waals surface area contributed by atoms with Crippen molar-refractivity contribution in [1.82, 2.24) is 0 Å². The Morgan fingerprint density at radius 3 is 2.55 bits per heavy atom. The molecule has 3 heteroatoms. The zero-order chi connectivity index (χ0) is 13.9. The van der Waals surface area contributed by atoms with Crippen LogP contribution >= 0.6 is 0 Å². The van der Waals surface area contributed by atoms with Gasteiger partial charge in [0.15, 0.2) is 6.10 Å². The highest BCUT2D eigenvalue weighted by Crippen LogP contribution is 2.26. The molecule has 0 bridgehead atoms. The third-order valence-electron chi connectivity index (χ3n) is 3.29. The quantitative estimate of drug-likeness (QED) is 0.781. The van der Waals surface area contributed by atoms with Crippen LogP contribution in [0.5, 0.6) is 5.75 Å². The van der Waals surface area contributed by atoms with E-state index in [0.29, 0.717) is 6.54 Å². The standard InChI is InChI=1S/C17H17NO2/c1-12-6-9-16(19-12)17(11-18)20-15-8-7-13-4-2-3-5-14(13)10-15/h2-10,17H,11,18H2,1H3. The predicted octanol–water partition coefficient (Wildman–Crippen LogP) is 3.82. The van der Waals surface area contributed by atoms with Gasteiger partial charge in [0, 0.05) is 6.54 Å². The van der Waals surface area contributed by atoms with Crippen LogP contribution in [0.2, 0.25) is 0 Å². The van der Waals surface area contributed by atoms with Crippen LogP contribution in [-0.2, 0) is 0 Å². The average Bonchev–Trinajstić information content (AvgIpc) is 2.91. The van der Waals surface area contributed by atoms with Crippen LogP contribution in [0.1, 0.15) is 17.6 Å². The van der Waals surface area contributed by atoms with E-state index in [1.54, 1.807) is 0 Å². The largest absolute Gasteiger partial charge is 0.481 e. The summed E-state index contributed by atoms with van der Waals surface area (Å²) < 4.78 is 11.5. The van der Waals surface area contributed by atoms with Gasteiger partial charge >= 0.3 is 0 Å². The second-order valence-corrected chi connectivity index (χ2v) is 4.80. The van der Waals surface area contributed by atoms with E-state index in [4.69, 9.17) is 14.9 Å². The van der Waals surface area contributed by atoms with E-state index >= 15 is 0 Å². The minimum atomic E-state index is -0.259. The SMILES string of the molecule is Cc1ccc(C(CN)Oc2ccc3ccccc3c2)o1. The molecule has 0 aliphatic carbocycles. The molecule has 0 radical (unpaired) electrons. The zero-order valence-corrected chi connectivity index (χ0v) is 11.4. The van der Waals surface area contributed by atoms with Crippen molar-refractivity contribution in [2.45, 2.75) is 13.0 Å². The van der Waals surface area contributed by atoms with Crippen molar-refractivity contribution in [3.8, 4) is 5.75 Å². The molecule has 20 heavy (non-hydrogen) atoms. The second-order valence-electron chi connectivity index (χ2n) is 4.80. The predicted molar refractivity (Wildman–Crippen MR) is 79.8 cm³/mol. The van der Waals surface area contributed by atoms with Gasteiger partial charge in [0.25, 0.3) is 0 Å². The maximum absolute atomic E-state index is 5.95. The first kappa shape index (κ1) is 12.8. The average molecular weight is 267 g/mol. The van der Waals surface area contributed by atoms with Crippen LogP contribution in [0.25, 0.3) is 10.8 Å². The van der Waals surface area contributed by atoms with Gasteiger partial charge in [-0.15, -0.1) is 0 Å². The minimum absolute atomic E-state index is 0.259. The molecule has 1 aromatic heterocycles. The zero-order valence-electron chi connectivity index (χ0n) is 11.4. The van der Waals surface area contributed by atoms with Crippen molar-refractivity contribution in [1.29, 1.82) is 0 Å². The van der Waals surface area contributed by atoms with Crippen LogP contribution in [0.4, 0.5) is 0 Å². The molecule has 0 saturated carbocycles. The smallest absolute Gasteiger partial charge is 0.168 e. The molecule has 1 heterocycles. The van der Waals surface area contributed by atoms with Gasteiger partial charge in [0.1, 0.15) is 17.3 Å². The van der Waals surface area contributed by atoms with Crippen LogP contribution in [-0.4, -0.2) is 6.54 Å². The Balaban J connectivity index is 1.87. The van der Waals surface area contributed by atoms with Crippen molar-refractivity contribution in [2.24, 2.45) is 5.73 Å².